The molecule has 0 atom stereocenters. The van der Waals surface area contributed by atoms with Gasteiger partial charge in [0.1, 0.15) is 0 Å². The van der Waals surface area contributed by atoms with Gasteiger partial charge in [0.2, 0.25) is 0 Å². The Morgan fingerprint density at radius 2 is 0.773 bits per heavy atom. The summed E-state index contributed by atoms with van der Waals surface area (Å²) in [6, 6.07) is 64.3. The first-order valence-corrected chi connectivity index (χ1v) is 15.3. The summed E-state index contributed by atoms with van der Waals surface area (Å²) in [5.74, 6) is 0. The van der Waals surface area contributed by atoms with Crippen molar-refractivity contribution in [3.8, 4) is 33.4 Å². The average Bonchev–Trinajstić information content (AvgIpc) is 3.58. The lowest BCUT2D eigenvalue weighted by Crippen LogP contribution is -2.26. The van der Waals surface area contributed by atoms with Crippen LogP contribution in [0.5, 0.6) is 0 Å². The predicted octanol–water partition coefficient (Wildman–Crippen LogP) is 11.2. The van der Waals surface area contributed by atoms with E-state index in [0.29, 0.717) is 0 Å². The van der Waals surface area contributed by atoms with E-state index in [1.165, 1.54) is 61.3 Å². The van der Waals surface area contributed by atoms with Gasteiger partial charge in [-0.3, -0.25) is 0 Å². The summed E-state index contributed by atoms with van der Waals surface area (Å²) in [6.07, 6.45) is 0. The first kappa shape index (κ1) is 24.9. The molecule has 0 radical (unpaired) electrons. The molecule has 1 spiro atoms. The van der Waals surface area contributed by atoms with Crippen LogP contribution in [0.25, 0.3) is 33.4 Å². The highest BCUT2D eigenvalue weighted by Gasteiger charge is 2.52. The molecule has 0 unspecified atom stereocenters. The van der Waals surface area contributed by atoms with Crippen molar-refractivity contribution in [3.63, 3.8) is 0 Å². The second-order valence-corrected chi connectivity index (χ2v) is 11.6. The van der Waals surface area contributed by atoms with Crippen LogP contribution < -0.4 is 4.90 Å². The zero-order chi connectivity index (χ0) is 29.1. The van der Waals surface area contributed by atoms with Gasteiger partial charge >= 0.3 is 0 Å². The molecule has 0 saturated heterocycles. The summed E-state index contributed by atoms with van der Waals surface area (Å²) in [4.78, 5) is 2.46. The Kier molecular flexibility index (Phi) is 5.48. The number of rotatable bonds is 4. The third kappa shape index (κ3) is 3.35. The van der Waals surface area contributed by atoms with E-state index in [-0.39, 0.29) is 5.41 Å². The second-order valence-electron chi connectivity index (χ2n) is 11.6. The van der Waals surface area contributed by atoms with Crippen molar-refractivity contribution in [3.05, 3.63) is 198 Å². The summed E-state index contributed by atoms with van der Waals surface area (Å²) >= 11 is 0. The molecule has 2 aliphatic rings. The minimum absolute atomic E-state index is 0.379. The molecule has 0 bridgehead atoms. The molecule has 7 aromatic rings. The normalized spacial score (nSPS) is 13.2. The molecule has 1 heteroatoms. The van der Waals surface area contributed by atoms with Crippen LogP contribution in [-0.4, -0.2) is 0 Å². The number of hydrogen-bond acceptors (Lipinski definition) is 1. The van der Waals surface area contributed by atoms with Gasteiger partial charge in [0.25, 0.3) is 0 Å². The van der Waals surface area contributed by atoms with Gasteiger partial charge in [0.05, 0.1) is 16.8 Å². The van der Waals surface area contributed by atoms with Gasteiger partial charge in [-0.2, -0.15) is 0 Å². The zero-order valence-electron chi connectivity index (χ0n) is 24.2. The Balaban J connectivity index is 1.39. The molecular weight excluding hydrogens is 530 g/mol. The maximum absolute atomic E-state index is 2.46. The third-order valence-corrected chi connectivity index (χ3v) is 9.48. The molecule has 0 amide bonds. The average molecular weight is 560 g/mol. The first-order valence-electron chi connectivity index (χ1n) is 15.3. The Morgan fingerprint density at radius 1 is 0.318 bits per heavy atom. The standard InChI is InChI=1S/C43H29N/c1-3-16-30(17-4-1)32-20-10-14-28-40(32)44(31-18-5-2-6-19-31)41-29-15-27-39-42(41)35-23-9-13-26-38(35)43(39)36-24-11-7-21-33(36)34-22-8-12-25-37(34)43/h1-29H. The topological polar surface area (TPSA) is 3.24 Å². The fraction of sp³-hybridized carbons (Fsp3) is 0.0233. The molecule has 0 aliphatic heterocycles. The largest absolute Gasteiger partial charge is 0.309 e. The Hall–Kier alpha value is -5.66. The fourth-order valence-corrected chi connectivity index (χ4v) is 7.83. The summed E-state index contributed by atoms with van der Waals surface area (Å²) in [5.41, 5.74) is 16.1. The lowest BCUT2D eigenvalue weighted by molar-refractivity contribution is 0.794. The van der Waals surface area contributed by atoms with Crippen LogP contribution in [0.15, 0.2) is 176 Å². The molecule has 44 heavy (non-hydrogen) atoms. The second kappa shape index (κ2) is 9.69. The molecule has 206 valence electrons. The van der Waals surface area contributed by atoms with Gasteiger partial charge < -0.3 is 4.90 Å². The Bertz CT molecular complexity index is 2130. The highest BCUT2D eigenvalue weighted by Crippen LogP contribution is 2.64. The van der Waals surface area contributed by atoms with Gasteiger partial charge in [-0.1, -0.05) is 152 Å². The first-order chi connectivity index (χ1) is 21.9. The van der Waals surface area contributed by atoms with Gasteiger partial charge in [0.15, 0.2) is 0 Å². The van der Waals surface area contributed by atoms with Crippen LogP contribution in [0.2, 0.25) is 0 Å². The van der Waals surface area contributed by atoms with Gasteiger partial charge in [-0.25, -0.2) is 0 Å². The molecule has 0 saturated carbocycles. The Morgan fingerprint density at radius 3 is 1.43 bits per heavy atom. The highest BCUT2D eigenvalue weighted by molar-refractivity contribution is 6.02. The van der Waals surface area contributed by atoms with Crippen molar-refractivity contribution >= 4 is 17.1 Å². The molecule has 2 aliphatic carbocycles. The molecule has 0 aromatic heterocycles. The van der Waals surface area contributed by atoms with Crippen molar-refractivity contribution in [1.82, 2.24) is 0 Å². The zero-order valence-corrected chi connectivity index (χ0v) is 24.2. The summed E-state index contributed by atoms with van der Waals surface area (Å²) in [5, 5.41) is 0. The van der Waals surface area contributed by atoms with Crippen molar-refractivity contribution in [2.24, 2.45) is 0 Å². The monoisotopic (exact) mass is 559 g/mol. The van der Waals surface area contributed by atoms with E-state index in [4.69, 9.17) is 0 Å². The quantitative estimate of drug-likeness (QED) is 0.207. The maximum Gasteiger partial charge on any atom is 0.0726 e. The van der Waals surface area contributed by atoms with Gasteiger partial charge in [0, 0.05) is 16.8 Å². The lowest BCUT2D eigenvalue weighted by atomic mass is 9.70. The number of hydrogen-bond donors (Lipinski definition) is 0. The molecule has 9 rings (SSSR count). The summed E-state index contributed by atoms with van der Waals surface area (Å²) in [7, 11) is 0. The van der Waals surface area contributed by atoms with Gasteiger partial charge in [-0.05, 0) is 68.8 Å². The summed E-state index contributed by atoms with van der Waals surface area (Å²) < 4.78 is 0. The van der Waals surface area contributed by atoms with Crippen LogP contribution in [-0.2, 0) is 5.41 Å². The van der Waals surface area contributed by atoms with E-state index in [2.05, 4.69) is 181 Å². The van der Waals surface area contributed by atoms with E-state index in [1.807, 2.05) is 0 Å². The van der Waals surface area contributed by atoms with E-state index in [0.717, 1.165) is 11.4 Å². The van der Waals surface area contributed by atoms with Crippen LogP contribution in [0.3, 0.4) is 0 Å². The Labute approximate surface area is 258 Å². The molecule has 0 fully saturated rings. The van der Waals surface area contributed by atoms with E-state index >= 15 is 0 Å². The molecule has 7 aromatic carbocycles. The smallest absolute Gasteiger partial charge is 0.0726 e. The number of para-hydroxylation sites is 2. The van der Waals surface area contributed by atoms with Crippen molar-refractivity contribution in [1.29, 1.82) is 0 Å². The lowest BCUT2D eigenvalue weighted by Gasteiger charge is -2.32. The van der Waals surface area contributed by atoms with E-state index in [9.17, 15) is 0 Å². The molecule has 0 heterocycles. The highest BCUT2D eigenvalue weighted by atomic mass is 15.1. The SMILES string of the molecule is c1ccc(-c2ccccc2N(c2ccccc2)c2cccc3c2-c2ccccc2C32c3ccccc3-c3ccccc32)cc1. The number of nitrogens with zero attached hydrogens (tertiary/aromatic N) is 1. The van der Waals surface area contributed by atoms with Crippen LogP contribution >= 0.6 is 0 Å². The van der Waals surface area contributed by atoms with Gasteiger partial charge in [-0.15, -0.1) is 0 Å². The van der Waals surface area contributed by atoms with Crippen LogP contribution in [0.4, 0.5) is 17.1 Å². The number of anilines is 3. The summed E-state index contributed by atoms with van der Waals surface area (Å²) in [6.45, 7) is 0. The van der Waals surface area contributed by atoms with Crippen LogP contribution in [0.1, 0.15) is 22.3 Å². The van der Waals surface area contributed by atoms with Crippen LogP contribution in [0, 0.1) is 0 Å². The van der Waals surface area contributed by atoms with Crippen molar-refractivity contribution < 1.29 is 0 Å². The minimum Gasteiger partial charge on any atom is -0.309 e. The predicted molar refractivity (Wildman–Crippen MR) is 183 cm³/mol. The molecule has 0 N–H and O–H groups in total. The van der Waals surface area contributed by atoms with E-state index in [1.54, 1.807) is 0 Å². The maximum atomic E-state index is 2.46. The van der Waals surface area contributed by atoms with Crippen molar-refractivity contribution in [2.75, 3.05) is 4.90 Å². The molecular formula is C43H29N. The fourth-order valence-electron chi connectivity index (χ4n) is 7.83. The molecule has 1 nitrogen and oxygen atoms in total. The van der Waals surface area contributed by atoms with E-state index < -0.39 is 0 Å². The minimum atomic E-state index is -0.379. The third-order valence-electron chi connectivity index (χ3n) is 9.48. The number of fused-ring (bicyclic) bond motifs is 10. The number of benzene rings is 7. The van der Waals surface area contributed by atoms with Crippen molar-refractivity contribution in [2.45, 2.75) is 5.41 Å².